The van der Waals surface area contributed by atoms with Gasteiger partial charge in [0.25, 0.3) is 5.88 Å². The molecule has 0 unspecified atom stereocenters. The zero-order chi connectivity index (χ0) is 20.9. The Morgan fingerprint density at radius 2 is 2.13 bits per heavy atom. The van der Waals surface area contributed by atoms with Gasteiger partial charge < -0.3 is 29.9 Å². The average molecular weight is 414 g/mol. The number of amides is 3. The van der Waals surface area contributed by atoms with E-state index in [0.717, 1.165) is 24.0 Å². The molecule has 3 N–H and O–H groups in total. The second-order valence-electron chi connectivity index (χ2n) is 7.55. The summed E-state index contributed by atoms with van der Waals surface area (Å²) in [5.41, 5.74) is 2.03. The normalized spacial score (nSPS) is 23.1. The molecule has 2 aliphatic heterocycles. The predicted molar refractivity (Wildman–Crippen MR) is 107 cm³/mol. The van der Waals surface area contributed by atoms with Gasteiger partial charge in [-0.3, -0.25) is 4.79 Å². The van der Waals surface area contributed by atoms with E-state index >= 15 is 0 Å². The van der Waals surface area contributed by atoms with Crippen molar-refractivity contribution in [2.75, 3.05) is 13.7 Å². The Kier molecular flexibility index (Phi) is 6.18. The van der Waals surface area contributed by atoms with Crippen molar-refractivity contribution in [2.45, 2.75) is 44.5 Å². The van der Waals surface area contributed by atoms with Gasteiger partial charge in [0.1, 0.15) is 12.0 Å². The number of aromatic nitrogens is 1. The molecule has 1 aromatic heterocycles. The van der Waals surface area contributed by atoms with E-state index in [4.69, 9.17) is 14.0 Å². The van der Waals surface area contributed by atoms with Crippen LogP contribution < -0.4 is 20.7 Å². The number of hydrogen-bond donors (Lipinski definition) is 3. The lowest BCUT2D eigenvalue weighted by Crippen LogP contribution is -2.58. The molecule has 4 rings (SSSR count). The molecule has 9 nitrogen and oxygen atoms in total. The summed E-state index contributed by atoms with van der Waals surface area (Å²) in [5, 5.41) is 12.5. The molecule has 0 bridgehead atoms. The fourth-order valence-corrected chi connectivity index (χ4v) is 3.92. The summed E-state index contributed by atoms with van der Waals surface area (Å²) < 4.78 is 15.8. The molecule has 0 saturated carbocycles. The largest absolute Gasteiger partial charge is 0.479 e. The maximum absolute atomic E-state index is 12.1. The van der Waals surface area contributed by atoms with Crippen molar-refractivity contribution in [1.82, 2.24) is 21.1 Å². The maximum atomic E-state index is 12.1. The number of rotatable bonds is 7. The van der Waals surface area contributed by atoms with Gasteiger partial charge in [-0.2, -0.15) is 0 Å². The molecule has 3 heterocycles. The number of nitrogens with one attached hydrogen (secondary N) is 3. The highest BCUT2D eigenvalue weighted by molar-refractivity contribution is 5.76. The summed E-state index contributed by atoms with van der Waals surface area (Å²) in [7, 11) is 1.51. The van der Waals surface area contributed by atoms with Crippen LogP contribution in [-0.4, -0.2) is 37.0 Å². The molecule has 3 amide bonds. The third-order valence-corrected chi connectivity index (χ3v) is 5.53. The fourth-order valence-electron chi connectivity index (χ4n) is 3.92. The van der Waals surface area contributed by atoms with E-state index in [0.29, 0.717) is 37.6 Å². The molecule has 30 heavy (non-hydrogen) atoms. The highest BCUT2D eigenvalue weighted by atomic mass is 16.5. The lowest BCUT2D eigenvalue weighted by atomic mass is 9.85. The van der Waals surface area contributed by atoms with Crippen molar-refractivity contribution in [3.05, 3.63) is 47.2 Å². The second-order valence-corrected chi connectivity index (χ2v) is 7.55. The Morgan fingerprint density at radius 1 is 1.30 bits per heavy atom. The molecule has 160 valence electrons. The molecule has 0 aliphatic carbocycles. The number of carbonyl (C=O) groups excluding carboxylic acids is 2. The number of methoxy groups -OCH3 is 1. The third kappa shape index (κ3) is 4.73. The summed E-state index contributed by atoms with van der Waals surface area (Å²) in [6, 6.07) is 9.35. The first-order valence-corrected chi connectivity index (χ1v) is 10.2. The molecule has 2 saturated heterocycles. The fraction of sp³-hybridized carbons (Fsp3) is 0.476. The number of hydrogen-bond acceptors (Lipinski definition) is 6. The van der Waals surface area contributed by atoms with Crippen molar-refractivity contribution in [1.29, 1.82) is 0 Å². The van der Waals surface area contributed by atoms with Crippen LogP contribution in [-0.2, 0) is 22.5 Å². The lowest BCUT2D eigenvalue weighted by Gasteiger charge is -2.41. The maximum Gasteiger partial charge on any atom is 0.317 e. The molecular weight excluding hydrogens is 388 g/mol. The van der Waals surface area contributed by atoms with Gasteiger partial charge in [-0.1, -0.05) is 24.3 Å². The summed E-state index contributed by atoms with van der Waals surface area (Å²) in [6.45, 7) is 1.11. The van der Waals surface area contributed by atoms with Crippen molar-refractivity contribution < 1.29 is 23.6 Å². The minimum Gasteiger partial charge on any atom is -0.479 e. The van der Waals surface area contributed by atoms with Gasteiger partial charge in [-0.05, 0) is 29.1 Å². The quantitative estimate of drug-likeness (QED) is 0.639. The topological polar surface area (TPSA) is 115 Å². The smallest absolute Gasteiger partial charge is 0.317 e. The monoisotopic (exact) mass is 414 g/mol. The van der Waals surface area contributed by atoms with Gasteiger partial charge >= 0.3 is 6.03 Å². The van der Waals surface area contributed by atoms with Gasteiger partial charge in [-0.25, -0.2) is 4.79 Å². The Morgan fingerprint density at radius 3 is 2.90 bits per heavy atom. The van der Waals surface area contributed by atoms with Crippen LogP contribution in [0.4, 0.5) is 4.79 Å². The third-order valence-electron chi connectivity index (χ3n) is 5.53. The Balaban J connectivity index is 1.29. The molecule has 1 aromatic carbocycles. The van der Waals surface area contributed by atoms with Crippen LogP contribution in [0.25, 0.3) is 0 Å². The Hall–Kier alpha value is -3.07. The first kappa shape index (κ1) is 20.2. The standard InChI is InChI=1S/C21H26N4O5/c1-28-18-11-15(30-25-18)8-9-17(26)22-12-13-4-6-14(7-5-13)19-16-3-2-10-29-20(16)24-21(27)23-19/h4-7,11,16,19-20H,2-3,8-10,12H2,1H3,(H,22,26)(H2,23,24,27)/t16-,19-,20-/m0/s1. The number of nitrogens with zero attached hydrogens (tertiary/aromatic N) is 1. The first-order chi connectivity index (χ1) is 14.6. The minimum atomic E-state index is -0.235. The molecule has 3 atom stereocenters. The van der Waals surface area contributed by atoms with Crippen molar-refractivity contribution in [2.24, 2.45) is 5.92 Å². The van der Waals surface area contributed by atoms with Gasteiger partial charge in [0.15, 0.2) is 0 Å². The lowest BCUT2D eigenvalue weighted by molar-refractivity contribution is -0.121. The number of carbonyl (C=O) groups is 2. The molecule has 9 heteroatoms. The zero-order valence-electron chi connectivity index (χ0n) is 16.8. The van der Waals surface area contributed by atoms with Crippen LogP contribution in [0.5, 0.6) is 5.88 Å². The van der Waals surface area contributed by atoms with Gasteiger partial charge in [-0.15, -0.1) is 0 Å². The molecular formula is C21H26N4O5. The van der Waals surface area contributed by atoms with Crippen molar-refractivity contribution >= 4 is 11.9 Å². The van der Waals surface area contributed by atoms with E-state index < -0.39 is 0 Å². The highest BCUT2D eigenvalue weighted by Gasteiger charge is 2.39. The highest BCUT2D eigenvalue weighted by Crippen LogP contribution is 2.34. The zero-order valence-corrected chi connectivity index (χ0v) is 16.8. The molecule has 2 fully saturated rings. The van der Waals surface area contributed by atoms with E-state index in [1.807, 2.05) is 24.3 Å². The SMILES string of the molecule is COc1cc(CCC(=O)NCc2ccc([C@@H]3NC(=O)N[C@H]4OCCC[C@H]43)cc2)on1. The summed E-state index contributed by atoms with van der Waals surface area (Å²) in [6.07, 6.45) is 2.51. The molecule has 2 aliphatic rings. The Labute approximate surface area is 174 Å². The summed E-state index contributed by atoms with van der Waals surface area (Å²) >= 11 is 0. The van der Waals surface area contributed by atoms with Crippen molar-refractivity contribution in [3.63, 3.8) is 0 Å². The van der Waals surface area contributed by atoms with Crippen LogP contribution in [0.3, 0.4) is 0 Å². The van der Waals surface area contributed by atoms with E-state index in [-0.39, 0.29) is 30.1 Å². The van der Waals surface area contributed by atoms with E-state index in [1.54, 1.807) is 6.07 Å². The van der Waals surface area contributed by atoms with Crippen LogP contribution in [0, 0.1) is 5.92 Å². The average Bonchev–Trinajstić information content (AvgIpc) is 3.24. The first-order valence-electron chi connectivity index (χ1n) is 10.2. The molecule has 2 aromatic rings. The van der Waals surface area contributed by atoms with Crippen LogP contribution >= 0.6 is 0 Å². The Bertz CT molecular complexity index is 882. The summed E-state index contributed by atoms with van der Waals surface area (Å²) in [5.74, 6) is 1.15. The van der Waals surface area contributed by atoms with Gasteiger partial charge in [0.2, 0.25) is 5.91 Å². The van der Waals surface area contributed by atoms with Gasteiger partial charge in [0.05, 0.1) is 13.2 Å². The minimum absolute atomic E-state index is 0.0674. The van der Waals surface area contributed by atoms with E-state index in [1.165, 1.54) is 7.11 Å². The number of ether oxygens (including phenoxy) is 2. The van der Waals surface area contributed by atoms with E-state index in [2.05, 4.69) is 21.1 Å². The number of benzene rings is 1. The van der Waals surface area contributed by atoms with Gasteiger partial charge in [0, 0.05) is 38.0 Å². The van der Waals surface area contributed by atoms with Crippen LogP contribution in [0.2, 0.25) is 0 Å². The second kappa shape index (κ2) is 9.17. The van der Waals surface area contributed by atoms with Crippen molar-refractivity contribution in [3.8, 4) is 5.88 Å². The van der Waals surface area contributed by atoms with Crippen LogP contribution in [0.1, 0.15) is 42.2 Å². The predicted octanol–water partition coefficient (Wildman–Crippen LogP) is 2.04. The molecule has 0 radical (unpaired) electrons. The van der Waals surface area contributed by atoms with Crippen LogP contribution in [0.15, 0.2) is 34.9 Å². The number of fused-ring (bicyclic) bond motifs is 1. The number of aryl methyl sites for hydroxylation is 1. The molecule has 0 spiro atoms. The summed E-state index contributed by atoms with van der Waals surface area (Å²) in [4.78, 5) is 24.1. The van der Waals surface area contributed by atoms with E-state index in [9.17, 15) is 9.59 Å². The number of urea groups is 1.